The molecule has 0 saturated carbocycles. The van der Waals surface area contributed by atoms with E-state index in [1.165, 1.54) is 16.7 Å². The molecule has 0 fully saturated rings. The second-order valence-corrected chi connectivity index (χ2v) is 8.04. The van der Waals surface area contributed by atoms with Crippen molar-refractivity contribution in [3.8, 4) is 0 Å². The van der Waals surface area contributed by atoms with Gasteiger partial charge in [0.05, 0.1) is 0 Å². The molecule has 3 aromatic rings. The van der Waals surface area contributed by atoms with Crippen molar-refractivity contribution in [3.05, 3.63) is 108 Å². The first kappa shape index (κ1) is 34.5. The molecule has 0 heterocycles. The van der Waals surface area contributed by atoms with Gasteiger partial charge in [-0.3, -0.25) is 0 Å². The molecule has 0 spiro atoms. The molecular weight excluding hydrogens is 454 g/mol. The summed E-state index contributed by atoms with van der Waals surface area (Å²) in [7, 11) is -9.28. The lowest BCUT2D eigenvalue weighted by molar-refractivity contribution is 0.272. The number of rotatable bonds is 0. The van der Waals surface area contributed by atoms with E-state index in [9.17, 15) is 0 Å². The van der Waals surface area contributed by atoms with Crippen molar-refractivity contribution in [3.63, 3.8) is 0 Å². The molecule has 3 rings (SSSR count). The lowest BCUT2D eigenvalue weighted by Crippen LogP contribution is -1.66. The molecule has 8 nitrogen and oxygen atoms in total. The van der Waals surface area contributed by atoms with Crippen molar-refractivity contribution in [2.45, 2.75) is 28.2 Å². The Balaban J connectivity index is -0.000000330. The first-order chi connectivity index (χ1) is 14.2. The van der Waals surface area contributed by atoms with E-state index in [0.29, 0.717) is 0 Å². The number of hydrogen-bond acceptors (Lipinski definition) is 2. The fraction of sp³-hybridized carbons (Fsp3) is 0.182. The van der Waals surface area contributed by atoms with E-state index in [4.69, 9.17) is 38.5 Å². The van der Waals surface area contributed by atoms with Crippen LogP contribution in [0, 0.1) is 20.8 Å². The van der Waals surface area contributed by atoms with Crippen LogP contribution in [0.3, 0.4) is 0 Å². The number of benzene rings is 3. The Labute approximate surface area is 190 Å². The van der Waals surface area contributed by atoms with Crippen LogP contribution in [0.5, 0.6) is 0 Å². The summed E-state index contributed by atoms with van der Waals surface area (Å²) in [5.41, 5.74) is 3.97. The van der Waals surface area contributed by atoms with Crippen LogP contribution in [0.15, 0.2) is 91.0 Å². The summed E-state index contributed by atoms with van der Waals surface area (Å²) in [6.45, 7) is 6.25. The van der Waals surface area contributed by atoms with Gasteiger partial charge in [0.1, 0.15) is 0 Å². The van der Waals surface area contributed by atoms with Gasteiger partial charge in [0.2, 0.25) is 0 Å². The van der Waals surface area contributed by atoms with Crippen molar-refractivity contribution in [1.82, 2.24) is 0 Å². The summed E-state index contributed by atoms with van der Waals surface area (Å²) in [6, 6.07) is 30.8. The highest BCUT2D eigenvalue weighted by atomic mass is 31.2. The van der Waals surface area contributed by atoms with Gasteiger partial charge >= 0.3 is 15.6 Å². The molecule has 0 aliphatic carbocycles. The average Bonchev–Trinajstić information content (AvgIpc) is 2.62. The third kappa shape index (κ3) is 42.1. The summed E-state index contributed by atoms with van der Waals surface area (Å²) >= 11 is 0. The van der Waals surface area contributed by atoms with Gasteiger partial charge in [-0.2, -0.15) is 0 Å². The summed E-state index contributed by atoms with van der Waals surface area (Å²) in [5, 5.41) is 0. The fourth-order valence-corrected chi connectivity index (χ4v) is 1.60. The normalized spacial score (nSPS) is 9.41. The second kappa shape index (κ2) is 19.6. The second-order valence-electron chi connectivity index (χ2n) is 5.99. The molecule has 3 aromatic carbocycles. The van der Waals surface area contributed by atoms with Gasteiger partial charge in [0.25, 0.3) is 0 Å². The highest BCUT2D eigenvalue weighted by molar-refractivity contribution is 7.45. The van der Waals surface area contributed by atoms with E-state index >= 15 is 0 Å². The van der Waals surface area contributed by atoms with Crippen LogP contribution in [0.1, 0.15) is 24.1 Å². The Bertz CT molecular complexity index is 754. The van der Waals surface area contributed by atoms with E-state index in [-0.39, 0.29) is 7.43 Å². The van der Waals surface area contributed by atoms with E-state index in [1.807, 2.05) is 54.6 Å². The zero-order valence-electron chi connectivity index (χ0n) is 17.6. The lowest BCUT2D eigenvalue weighted by Gasteiger charge is -1.82. The van der Waals surface area contributed by atoms with Gasteiger partial charge in [-0.1, -0.05) is 115 Å². The number of hydrogen-bond donors (Lipinski definition) is 6. The van der Waals surface area contributed by atoms with Crippen LogP contribution in [-0.2, 0) is 9.13 Å². The Hall–Kier alpha value is -2.12. The molecule has 0 aromatic heterocycles. The monoisotopic (exact) mass is 488 g/mol. The van der Waals surface area contributed by atoms with Gasteiger partial charge in [-0.15, -0.1) is 0 Å². The van der Waals surface area contributed by atoms with Crippen molar-refractivity contribution in [2.75, 3.05) is 0 Å². The molecule has 0 amide bonds. The smallest absolute Gasteiger partial charge is 0.303 e. The maximum absolute atomic E-state index is 8.88. The molecule has 32 heavy (non-hydrogen) atoms. The maximum atomic E-state index is 8.88. The van der Waals surface area contributed by atoms with Crippen LogP contribution in [0.25, 0.3) is 0 Å². The molecule has 0 radical (unpaired) electrons. The Kier molecular flexibility index (Phi) is 21.1. The molecule has 180 valence electrons. The molecule has 0 saturated heterocycles. The predicted octanol–water partition coefficient (Wildman–Crippen LogP) is 4.76. The first-order valence-corrected chi connectivity index (χ1v) is 11.9. The van der Waals surface area contributed by atoms with Gasteiger partial charge in [0.15, 0.2) is 0 Å². The molecular formula is C22H34O8P2. The average molecular weight is 488 g/mol. The fourth-order valence-electron chi connectivity index (χ4n) is 1.60. The standard InChI is InChI=1S/3C7H8.CH4.2H3O4P/c3*1-7-5-3-2-4-6-7;;2*1-5(2,3)4/h3*2-6H,1H3;1H4;2*(H3,1,2,3,4). The van der Waals surface area contributed by atoms with Crippen LogP contribution in [0.4, 0.5) is 0 Å². The Morgan fingerprint density at radius 1 is 0.438 bits per heavy atom. The minimum atomic E-state index is -4.64. The highest BCUT2D eigenvalue weighted by Gasteiger charge is 2.00. The molecule has 10 heteroatoms. The van der Waals surface area contributed by atoms with E-state index in [2.05, 4.69) is 57.2 Å². The van der Waals surface area contributed by atoms with E-state index < -0.39 is 15.6 Å². The summed E-state index contributed by atoms with van der Waals surface area (Å²) in [6.07, 6.45) is 0. The SMILES string of the molecule is C.Cc1ccccc1.Cc1ccccc1.Cc1ccccc1.O=P(O)(O)O.O=P(O)(O)O. The molecule has 0 unspecified atom stereocenters. The largest absolute Gasteiger partial charge is 0.466 e. The van der Waals surface area contributed by atoms with Crippen molar-refractivity contribution >= 4 is 15.6 Å². The van der Waals surface area contributed by atoms with Gasteiger partial charge in [-0.05, 0) is 20.8 Å². The Morgan fingerprint density at radius 3 is 0.625 bits per heavy atom. The molecule has 0 aliphatic heterocycles. The van der Waals surface area contributed by atoms with E-state index in [1.54, 1.807) is 0 Å². The minimum Gasteiger partial charge on any atom is -0.303 e. The van der Waals surface area contributed by atoms with Crippen LogP contribution < -0.4 is 0 Å². The third-order valence-corrected chi connectivity index (χ3v) is 2.82. The summed E-state index contributed by atoms with van der Waals surface area (Å²) in [5.74, 6) is 0. The topological polar surface area (TPSA) is 156 Å². The number of phosphoric acid groups is 2. The van der Waals surface area contributed by atoms with Gasteiger partial charge < -0.3 is 29.4 Å². The highest BCUT2D eigenvalue weighted by Crippen LogP contribution is 2.26. The molecule has 0 bridgehead atoms. The lowest BCUT2D eigenvalue weighted by atomic mass is 10.2. The van der Waals surface area contributed by atoms with Crippen LogP contribution >= 0.6 is 15.6 Å². The van der Waals surface area contributed by atoms with Crippen molar-refractivity contribution in [2.24, 2.45) is 0 Å². The summed E-state index contributed by atoms with van der Waals surface area (Å²) < 4.78 is 17.8. The predicted molar refractivity (Wildman–Crippen MR) is 129 cm³/mol. The van der Waals surface area contributed by atoms with E-state index in [0.717, 1.165) is 0 Å². The molecule has 6 N–H and O–H groups in total. The molecule has 0 atom stereocenters. The molecule has 0 aliphatic rings. The first-order valence-electron chi connectivity index (χ1n) is 8.80. The van der Waals surface area contributed by atoms with Crippen LogP contribution in [-0.4, -0.2) is 29.4 Å². The van der Waals surface area contributed by atoms with Gasteiger partial charge in [0, 0.05) is 0 Å². The van der Waals surface area contributed by atoms with Crippen molar-refractivity contribution < 1.29 is 38.5 Å². The maximum Gasteiger partial charge on any atom is 0.466 e. The van der Waals surface area contributed by atoms with Crippen molar-refractivity contribution in [1.29, 1.82) is 0 Å². The van der Waals surface area contributed by atoms with Gasteiger partial charge in [-0.25, -0.2) is 9.13 Å². The quantitative estimate of drug-likeness (QED) is 0.247. The third-order valence-electron chi connectivity index (χ3n) is 2.82. The Morgan fingerprint density at radius 2 is 0.562 bits per heavy atom. The zero-order valence-corrected chi connectivity index (χ0v) is 19.3. The summed E-state index contributed by atoms with van der Waals surface area (Å²) in [4.78, 5) is 43.1. The zero-order chi connectivity index (χ0) is 24.3. The minimum absolute atomic E-state index is 0. The van der Waals surface area contributed by atoms with Crippen LogP contribution in [0.2, 0.25) is 0 Å². The number of aryl methyl sites for hydroxylation is 3.